The third-order valence-electron chi connectivity index (χ3n) is 2.80. The van der Waals surface area contributed by atoms with Crippen LogP contribution >= 0.6 is 11.6 Å². The van der Waals surface area contributed by atoms with E-state index in [1.165, 1.54) is 5.56 Å². The molecule has 0 aliphatic rings. The molecular weight excluding hydrogens is 234 g/mol. The van der Waals surface area contributed by atoms with Gasteiger partial charge in [-0.2, -0.15) is 5.10 Å². The SMILES string of the molecule is Cn1cc(CCC(N)c2ccc(Cl)cc2)cn1. The van der Waals surface area contributed by atoms with Gasteiger partial charge in [0.15, 0.2) is 0 Å². The lowest BCUT2D eigenvalue weighted by atomic mass is 10.0. The Balaban J connectivity index is 1.93. The van der Waals surface area contributed by atoms with Gasteiger partial charge in [-0.1, -0.05) is 23.7 Å². The number of aryl methyl sites for hydroxylation is 2. The van der Waals surface area contributed by atoms with Gasteiger partial charge in [-0.15, -0.1) is 0 Å². The molecule has 0 spiro atoms. The Kier molecular flexibility index (Phi) is 3.82. The maximum absolute atomic E-state index is 6.13. The summed E-state index contributed by atoms with van der Waals surface area (Å²) in [5.74, 6) is 0. The summed E-state index contributed by atoms with van der Waals surface area (Å²) in [5, 5.41) is 4.88. The summed E-state index contributed by atoms with van der Waals surface area (Å²) in [5.41, 5.74) is 8.47. The molecule has 1 unspecified atom stereocenters. The fourth-order valence-corrected chi connectivity index (χ4v) is 1.93. The summed E-state index contributed by atoms with van der Waals surface area (Å²) in [7, 11) is 1.92. The molecule has 1 aromatic carbocycles. The molecule has 0 saturated heterocycles. The lowest BCUT2D eigenvalue weighted by Crippen LogP contribution is -2.11. The van der Waals surface area contributed by atoms with Crippen molar-refractivity contribution in [2.45, 2.75) is 18.9 Å². The van der Waals surface area contributed by atoms with Crippen molar-refractivity contribution in [1.29, 1.82) is 0 Å². The van der Waals surface area contributed by atoms with E-state index in [9.17, 15) is 0 Å². The van der Waals surface area contributed by atoms with Crippen LogP contribution in [0.25, 0.3) is 0 Å². The highest BCUT2D eigenvalue weighted by atomic mass is 35.5. The van der Waals surface area contributed by atoms with Gasteiger partial charge < -0.3 is 5.73 Å². The minimum Gasteiger partial charge on any atom is -0.324 e. The molecule has 3 nitrogen and oxygen atoms in total. The largest absolute Gasteiger partial charge is 0.324 e. The van der Waals surface area contributed by atoms with E-state index in [0.29, 0.717) is 0 Å². The molecule has 0 radical (unpaired) electrons. The number of rotatable bonds is 4. The first-order valence-corrected chi connectivity index (χ1v) is 6.01. The maximum Gasteiger partial charge on any atom is 0.0521 e. The summed E-state index contributed by atoms with van der Waals surface area (Å²) in [6.07, 6.45) is 5.76. The van der Waals surface area contributed by atoms with E-state index in [2.05, 4.69) is 5.10 Å². The van der Waals surface area contributed by atoms with Crippen molar-refractivity contribution in [2.24, 2.45) is 12.8 Å². The molecule has 1 heterocycles. The van der Waals surface area contributed by atoms with Gasteiger partial charge in [0.25, 0.3) is 0 Å². The van der Waals surface area contributed by atoms with E-state index < -0.39 is 0 Å². The van der Waals surface area contributed by atoms with Crippen LogP contribution in [-0.4, -0.2) is 9.78 Å². The number of hydrogen-bond donors (Lipinski definition) is 1. The van der Waals surface area contributed by atoms with Gasteiger partial charge in [0.2, 0.25) is 0 Å². The number of aromatic nitrogens is 2. The lowest BCUT2D eigenvalue weighted by molar-refractivity contribution is 0.651. The molecular formula is C13H16ClN3. The Morgan fingerprint density at radius 1 is 1.35 bits per heavy atom. The van der Waals surface area contributed by atoms with E-state index in [4.69, 9.17) is 17.3 Å². The summed E-state index contributed by atoms with van der Waals surface area (Å²) in [6, 6.07) is 7.76. The average molecular weight is 250 g/mol. The monoisotopic (exact) mass is 249 g/mol. The Morgan fingerprint density at radius 3 is 2.65 bits per heavy atom. The number of halogens is 1. The average Bonchev–Trinajstić information content (AvgIpc) is 2.73. The van der Waals surface area contributed by atoms with Gasteiger partial charge in [-0.05, 0) is 36.1 Å². The van der Waals surface area contributed by atoms with Crippen molar-refractivity contribution in [1.82, 2.24) is 9.78 Å². The third-order valence-corrected chi connectivity index (χ3v) is 3.05. The predicted molar refractivity (Wildman–Crippen MR) is 69.9 cm³/mol. The Labute approximate surface area is 106 Å². The fraction of sp³-hybridized carbons (Fsp3) is 0.308. The number of nitrogens with zero attached hydrogens (tertiary/aromatic N) is 2. The molecule has 1 aromatic heterocycles. The standard InChI is InChI=1S/C13H16ClN3/c1-17-9-10(8-16-17)2-7-13(15)11-3-5-12(14)6-4-11/h3-6,8-9,13H,2,7,15H2,1H3. The Bertz CT molecular complexity index is 476. The van der Waals surface area contributed by atoms with Crippen LogP contribution in [0, 0.1) is 0 Å². The van der Waals surface area contributed by atoms with E-state index in [1.54, 1.807) is 0 Å². The van der Waals surface area contributed by atoms with Gasteiger partial charge in [0, 0.05) is 24.3 Å². The zero-order valence-electron chi connectivity index (χ0n) is 9.81. The maximum atomic E-state index is 6.13. The summed E-state index contributed by atoms with van der Waals surface area (Å²) >= 11 is 5.84. The van der Waals surface area contributed by atoms with Crippen LogP contribution in [0.3, 0.4) is 0 Å². The zero-order valence-corrected chi connectivity index (χ0v) is 10.6. The minimum absolute atomic E-state index is 0.0486. The minimum atomic E-state index is 0.0486. The van der Waals surface area contributed by atoms with Crippen molar-refractivity contribution in [3.63, 3.8) is 0 Å². The van der Waals surface area contributed by atoms with E-state index in [-0.39, 0.29) is 6.04 Å². The van der Waals surface area contributed by atoms with Crippen molar-refractivity contribution in [3.8, 4) is 0 Å². The molecule has 0 aliphatic carbocycles. The van der Waals surface area contributed by atoms with Crippen molar-refractivity contribution in [2.75, 3.05) is 0 Å². The molecule has 0 saturated carbocycles. The summed E-state index contributed by atoms with van der Waals surface area (Å²) in [6.45, 7) is 0. The quantitative estimate of drug-likeness (QED) is 0.906. The molecule has 4 heteroatoms. The molecule has 2 rings (SSSR count). The van der Waals surface area contributed by atoms with Gasteiger partial charge in [0.05, 0.1) is 6.20 Å². The second-order valence-corrected chi connectivity index (χ2v) is 4.66. The molecule has 0 aliphatic heterocycles. The van der Waals surface area contributed by atoms with Gasteiger partial charge in [0.1, 0.15) is 0 Å². The van der Waals surface area contributed by atoms with Gasteiger partial charge >= 0.3 is 0 Å². The highest BCUT2D eigenvalue weighted by Crippen LogP contribution is 2.18. The Hall–Kier alpha value is -1.32. The molecule has 17 heavy (non-hydrogen) atoms. The normalized spacial score (nSPS) is 12.6. The number of hydrogen-bond acceptors (Lipinski definition) is 2. The van der Waals surface area contributed by atoms with Crippen LogP contribution in [0.5, 0.6) is 0 Å². The van der Waals surface area contributed by atoms with E-state index >= 15 is 0 Å². The van der Waals surface area contributed by atoms with Crippen LogP contribution in [-0.2, 0) is 13.5 Å². The molecule has 2 aromatic rings. The van der Waals surface area contributed by atoms with E-state index in [0.717, 1.165) is 23.4 Å². The molecule has 0 amide bonds. The van der Waals surface area contributed by atoms with Crippen LogP contribution < -0.4 is 5.73 Å². The molecule has 1 atom stereocenters. The zero-order chi connectivity index (χ0) is 12.3. The first-order valence-electron chi connectivity index (χ1n) is 5.64. The fourth-order valence-electron chi connectivity index (χ4n) is 1.80. The predicted octanol–water partition coefficient (Wildman–Crippen LogP) is 2.71. The number of nitrogens with two attached hydrogens (primary N) is 1. The van der Waals surface area contributed by atoms with Crippen molar-refractivity contribution >= 4 is 11.6 Å². The summed E-state index contributed by atoms with van der Waals surface area (Å²) < 4.78 is 1.81. The van der Waals surface area contributed by atoms with Crippen LogP contribution in [0.2, 0.25) is 5.02 Å². The molecule has 0 bridgehead atoms. The van der Waals surface area contributed by atoms with Gasteiger partial charge in [-0.25, -0.2) is 0 Å². The first kappa shape index (κ1) is 12.1. The molecule has 90 valence electrons. The second kappa shape index (κ2) is 5.34. The van der Waals surface area contributed by atoms with E-state index in [1.807, 2.05) is 48.4 Å². The lowest BCUT2D eigenvalue weighted by Gasteiger charge is -2.11. The second-order valence-electron chi connectivity index (χ2n) is 4.22. The highest BCUT2D eigenvalue weighted by molar-refractivity contribution is 6.30. The number of benzene rings is 1. The smallest absolute Gasteiger partial charge is 0.0521 e. The highest BCUT2D eigenvalue weighted by Gasteiger charge is 2.06. The van der Waals surface area contributed by atoms with Crippen LogP contribution in [0.4, 0.5) is 0 Å². The molecule has 2 N–H and O–H groups in total. The Morgan fingerprint density at radius 2 is 2.06 bits per heavy atom. The van der Waals surface area contributed by atoms with Crippen molar-refractivity contribution in [3.05, 3.63) is 52.8 Å². The summed E-state index contributed by atoms with van der Waals surface area (Å²) in [4.78, 5) is 0. The topological polar surface area (TPSA) is 43.8 Å². The van der Waals surface area contributed by atoms with Crippen LogP contribution in [0.1, 0.15) is 23.6 Å². The third kappa shape index (κ3) is 3.32. The molecule has 0 fully saturated rings. The first-order chi connectivity index (χ1) is 8.15. The van der Waals surface area contributed by atoms with Gasteiger partial charge in [-0.3, -0.25) is 4.68 Å². The van der Waals surface area contributed by atoms with Crippen LogP contribution in [0.15, 0.2) is 36.7 Å². The van der Waals surface area contributed by atoms with Crippen molar-refractivity contribution < 1.29 is 0 Å².